The van der Waals surface area contributed by atoms with Gasteiger partial charge < -0.3 is 20.3 Å². The van der Waals surface area contributed by atoms with Crippen molar-refractivity contribution in [1.29, 1.82) is 0 Å². The van der Waals surface area contributed by atoms with Crippen LogP contribution >= 0.6 is 0 Å². The van der Waals surface area contributed by atoms with Crippen LogP contribution in [0.3, 0.4) is 0 Å². The van der Waals surface area contributed by atoms with Gasteiger partial charge in [0.1, 0.15) is 17.1 Å². The van der Waals surface area contributed by atoms with Crippen LogP contribution in [0.1, 0.15) is 36.0 Å². The number of benzene rings is 1. The summed E-state index contributed by atoms with van der Waals surface area (Å²) in [5.74, 6) is -4.27. The predicted octanol–water partition coefficient (Wildman–Crippen LogP) is 2.49. The fraction of sp³-hybridized carbons (Fsp3) is 0.500. The van der Waals surface area contributed by atoms with Gasteiger partial charge >= 0.3 is 12.1 Å². The highest BCUT2D eigenvalue weighted by atomic mass is 19.4. The fourth-order valence-corrected chi connectivity index (χ4v) is 2.85. The summed E-state index contributed by atoms with van der Waals surface area (Å²) >= 11 is 0. The van der Waals surface area contributed by atoms with Crippen LogP contribution in [0.2, 0.25) is 0 Å². The molecule has 0 aliphatic heterocycles. The highest BCUT2D eigenvalue weighted by molar-refractivity contribution is 5.94. The molecule has 1 fully saturated rings. The number of alkyl halides is 3. The van der Waals surface area contributed by atoms with Gasteiger partial charge in [-0.25, -0.2) is 4.79 Å². The van der Waals surface area contributed by atoms with E-state index in [1.165, 1.54) is 0 Å². The number of aromatic hydroxyl groups is 2. The first-order valence-corrected chi connectivity index (χ1v) is 7.73. The van der Waals surface area contributed by atoms with Crippen molar-refractivity contribution in [3.05, 3.63) is 23.8 Å². The average Bonchev–Trinajstić information content (AvgIpc) is 2.52. The van der Waals surface area contributed by atoms with Crippen molar-refractivity contribution in [3.8, 4) is 11.5 Å². The first-order chi connectivity index (χ1) is 11.7. The molecule has 1 aromatic carbocycles. The molecule has 0 heterocycles. The minimum absolute atomic E-state index is 0.0460. The van der Waals surface area contributed by atoms with Gasteiger partial charge in [0.2, 0.25) is 0 Å². The van der Waals surface area contributed by atoms with Crippen LogP contribution in [-0.2, 0) is 9.53 Å². The topological polar surface area (TPSA) is 95.9 Å². The maximum absolute atomic E-state index is 13.0. The molecule has 0 radical (unpaired) electrons. The SMILES string of the molecule is O=C(COC(=O)c1ccc(O)cc1O)N[C@H]1CCCC[C@@H]1C(F)(F)F. The number of amides is 1. The molecule has 0 spiro atoms. The lowest BCUT2D eigenvalue weighted by Gasteiger charge is -2.33. The van der Waals surface area contributed by atoms with Crippen LogP contribution < -0.4 is 5.32 Å². The van der Waals surface area contributed by atoms with E-state index in [1.54, 1.807) is 0 Å². The Morgan fingerprint density at radius 1 is 1.20 bits per heavy atom. The molecule has 6 nitrogen and oxygen atoms in total. The summed E-state index contributed by atoms with van der Waals surface area (Å²) in [4.78, 5) is 23.6. The Labute approximate surface area is 141 Å². The Balaban J connectivity index is 1.90. The van der Waals surface area contributed by atoms with Gasteiger partial charge in [0.15, 0.2) is 6.61 Å². The standard InChI is InChI=1S/C16H18F3NO5/c17-16(18,19)11-3-1-2-4-12(11)20-14(23)8-25-15(24)10-6-5-9(21)7-13(10)22/h5-7,11-12,21-22H,1-4,8H2,(H,20,23)/t11-,12-/m0/s1. The molecule has 3 N–H and O–H groups in total. The molecule has 0 saturated heterocycles. The number of phenolic OH excluding ortho intramolecular Hbond substituents is 2. The van der Waals surface area contributed by atoms with E-state index in [1.807, 2.05) is 0 Å². The summed E-state index contributed by atoms with van der Waals surface area (Å²) < 4.78 is 43.6. The lowest BCUT2D eigenvalue weighted by molar-refractivity contribution is -0.189. The molecule has 138 valence electrons. The molecule has 1 saturated carbocycles. The molecule has 9 heteroatoms. The molecule has 0 aromatic heterocycles. The van der Waals surface area contributed by atoms with Gasteiger partial charge in [-0.05, 0) is 25.0 Å². The normalized spacial score (nSPS) is 20.8. The van der Waals surface area contributed by atoms with Crippen LogP contribution in [0.25, 0.3) is 0 Å². The smallest absolute Gasteiger partial charge is 0.393 e. The molecule has 0 unspecified atom stereocenters. The second kappa shape index (κ2) is 7.62. The van der Waals surface area contributed by atoms with Gasteiger partial charge in [-0.2, -0.15) is 13.2 Å². The Morgan fingerprint density at radius 2 is 1.88 bits per heavy atom. The van der Waals surface area contributed by atoms with Gasteiger partial charge in [0, 0.05) is 12.1 Å². The van der Waals surface area contributed by atoms with E-state index in [0.717, 1.165) is 18.2 Å². The third-order valence-corrected chi connectivity index (χ3v) is 4.07. The zero-order chi connectivity index (χ0) is 18.6. The number of rotatable bonds is 4. The number of carbonyl (C=O) groups excluding carboxylic acids is 2. The van der Waals surface area contributed by atoms with Crippen molar-refractivity contribution in [1.82, 2.24) is 5.32 Å². The molecule has 0 bridgehead atoms. The number of esters is 1. The van der Waals surface area contributed by atoms with Crippen LogP contribution in [0.5, 0.6) is 11.5 Å². The molecular formula is C16H18F3NO5. The third kappa shape index (κ3) is 5.01. The van der Waals surface area contributed by atoms with Crippen molar-refractivity contribution < 1.29 is 37.7 Å². The van der Waals surface area contributed by atoms with Crippen LogP contribution in [0.4, 0.5) is 13.2 Å². The number of carbonyl (C=O) groups is 2. The van der Waals surface area contributed by atoms with Gasteiger partial charge in [-0.15, -0.1) is 0 Å². The molecule has 25 heavy (non-hydrogen) atoms. The lowest BCUT2D eigenvalue weighted by atomic mass is 9.84. The Bertz CT molecular complexity index is 647. The predicted molar refractivity (Wildman–Crippen MR) is 80.0 cm³/mol. The van der Waals surface area contributed by atoms with Crippen LogP contribution in [-0.4, -0.2) is 40.9 Å². The van der Waals surface area contributed by atoms with Crippen molar-refractivity contribution in [2.24, 2.45) is 5.92 Å². The van der Waals surface area contributed by atoms with Gasteiger partial charge in [-0.1, -0.05) is 12.8 Å². The number of hydrogen-bond acceptors (Lipinski definition) is 5. The van der Waals surface area contributed by atoms with Crippen molar-refractivity contribution in [2.45, 2.75) is 37.9 Å². The summed E-state index contributed by atoms with van der Waals surface area (Å²) in [5.41, 5.74) is -0.267. The van der Waals surface area contributed by atoms with E-state index in [2.05, 4.69) is 5.32 Å². The van der Waals surface area contributed by atoms with E-state index in [-0.39, 0.29) is 24.2 Å². The lowest BCUT2D eigenvalue weighted by Crippen LogP contribution is -2.48. The minimum atomic E-state index is -4.40. The minimum Gasteiger partial charge on any atom is -0.508 e. The average molecular weight is 361 g/mol. The van der Waals surface area contributed by atoms with Crippen LogP contribution in [0, 0.1) is 5.92 Å². The summed E-state index contributed by atoms with van der Waals surface area (Å²) in [6.07, 6.45) is -3.20. The zero-order valence-electron chi connectivity index (χ0n) is 13.2. The first-order valence-electron chi connectivity index (χ1n) is 7.73. The number of nitrogens with one attached hydrogen (secondary N) is 1. The number of hydrogen-bond donors (Lipinski definition) is 3. The van der Waals surface area contributed by atoms with E-state index in [9.17, 15) is 27.9 Å². The van der Waals surface area contributed by atoms with E-state index >= 15 is 0 Å². The van der Waals surface area contributed by atoms with Crippen molar-refractivity contribution in [2.75, 3.05) is 6.61 Å². The van der Waals surface area contributed by atoms with E-state index in [0.29, 0.717) is 12.8 Å². The molecular weight excluding hydrogens is 343 g/mol. The van der Waals surface area contributed by atoms with Crippen molar-refractivity contribution in [3.63, 3.8) is 0 Å². The highest BCUT2D eigenvalue weighted by Crippen LogP contribution is 2.37. The second-order valence-electron chi connectivity index (χ2n) is 5.88. The Hall–Kier alpha value is -2.45. The highest BCUT2D eigenvalue weighted by Gasteiger charge is 2.45. The molecule has 1 amide bonds. The molecule has 2 rings (SSSR count). The molecule has 2 atom stereocenters. The summed E-state index contributed by atoms with van der Waals surface area (Å²) in [5, 5.41) is 20.9. The van der Waals surface area contributed by atoms with Crippen molar-refractivity contribution >= 4 is 11.9 Å². The molecule has 1 aliphatic carbocycles. The first kappa shape index (κ1) is 18.9. The van der Waals surface area contributed by atoms with Gasteiger partial charge in [0.25, 0.3) is 5.91 Å². The summed E-state index contributed by atoms with van der Waals surface area (Å²) in [6.45, 7) is -0.764. The quantitative estimate of drug-likeness (QED) is 0.716. The second-order valence-corrected chi connectivity index (χ2v) is 5.88. The number of phenols is 2. The monoisotopic (exact) mass is 361 g/mol. The maximum Gasteiger partial charge on any atom is 0.393 e. The fourth-order valence-electron chi connectivity index (χ4n) is 2.85. The molecule has 1 aliphatic rings. The summed E-state index contributed by atoms with van der Waals surface area (Å²) in [7, 11) is 0. The van der Waals surface area contributed by atoms with Gasteiger partial charge in [-0.3, -0.25) is 4.79 Å². The van der Waals surface area contributed by atoms with Gasteiger partial charge in [0.05, 0.1) is 5.92 Å². The maximum atomic E-state index is 13.0. The largest absolute Gasteiger partial charge is 0.508 e. The van der Waals surface area contributed by atoms with E-state index in [4.69, 9.17) is 9.84 Å². The number of halogens is 3. The van der Waals surface area contributed by atoms with Crippen LogP contribution in [0.15, 0.2) is 18.2 Å². The Morgan fingerprint density at radius 3 is 2.52 bits per heavy atom. The summed E-state index contributed by atoms with van der Waals surface area (Å²) in [6, 6.07) is 2.13. The zero-order valence-corrected chi connectivity index (χ0v) is 13.2. The Kier molecular flexibility index (Phi) is 5.76. The molecule has 1 aromatic rings. The van der Waals surface area contributed by atoms with E-state index < -0.39 is 42.4 Å². The number of ether oxygens (including phenoxy) is 1. The third-order valence-electron chi connectivity index (χ3n) is 4.07.